The van der Waals surface area contributed by atoms with Gasteiger partial charge in [-0.25, -0.2) is 8.42 Å². The SMILES string of the molecule is Cc1ccc(S(=O)(=O)[C@@H](CNC(=O)C(=O)NCCC(C)C)c2ccco2)cc1. The Morgan fingerprint density at radius 2 is 1.68 bits per heavy atom. The Bertz CT molecular complexity index is 887. The molecule has 7 nitrogen and oxygen atoms in total. The third-order valence-corrected chi connectivity index (χ3v) is 6.32. The molecule has 28 heavy (non-hydrogen) atoms. The molecule has 0 fully saturated rings. The van der Waals surface area contributed by atoms with E-state index in [1.165, 1.54) is 24.5 Å². The van der Waals surface area contributed by atoms with Gasteiger partial charge in [-0.15, -0.1) is 0 Å². The number of sulfone groups is 1. The lowest BCUT2D eigenvalue weighted by molar-refractivity contribution is -0.139. The Hall–Kier alpha value is -2.61. The second-order valence-corrected chi connectivity index (χ2v) is 9.14. The summed E-state index contributed by atoms with van der Waals surface area (Å²) < 4.78 is 31.4. The predicted octanol–water partition coefficient (Wildman–Crippen LogP) is 2.38. The number of rotatable bonds is 8. The van der Waals surface area contributed by atoms with E-state index in [4.69, 9.17) is 4.42 Å². The summed E-state index contributed by atoms with van der Waals surface area (Å²) in [4.78, 5) is 24.1. The van der Waals surface area contributed by atoms with Crippen LogP contribution in [0.3, 0.4) is 0 Å². The molecule has 2 aromatic rings. The number of benzene rings is 1. The van der Waals surface area contributed by atoms with Gasteiger partial charge in [-0.1, -0.05) is 31.5 Å². The summed E-state index contributed by atoms with van der Waals surface area (Å²) in [5.41, 5.74) is 0.930. The number of carbonyl (C=O) groups is 2. The Labute approximate surface area is 165 Å². The van der Waals surface area contributed by atoms with Gasteiger partial charge in [0.1, 0.15) is 11.0 Å². The van der Waals surface area contributed by atoms with Crippen molar-refractivity contribution >= 4 is 21.7 Å². The molecule has 0 spiro atoms. The van der Waals surface area contributed by atoms with Crippen molar-refractivity contribution in [3.8, 4) is 0 Å². The van der Waals surface area contributed by atoms with Crippen LogP contribution in [0.15, 0.2) is 52.0 Å². The summed E-state index contributed by atoms with van der Waals surface area (Å²) in [5, 5.41) is 3.79. The molecule has 0 aliphatic carbocycles. The molecule has 2 amide bonds. The molecule has 2 N–H and O–H groups in total. The normalized spacial score (nSPS) is 12.6. The lowest BCUT2D eigenvalue weighted by atomic mass is 10.1. The van der Waals surface area contributed by atoms with Crippen molar-refractivity contribution in [1.82, 2.24) is 10.6 Å². The van der Waals surface area contributed by atoms with E-state index in [1.807, 2.05) is 20.8 Å². The highest BCUT2D eigenvalue weighted by Gasteiger charge is 2.32. The van der Waals surface area contributed by atoms with Gasteiger partial charge in [0, 0.05) is 13.1 Å². The van der Waals surface area contributed by atoms with E-state index in [0.29, 0.717) is 12.5 Å². The van der Waals surface area contributed by atoms with Gasteiger partial charge >= 0.3 is 11.8 Å². The summed E-state index contributed by atoms with van der Waals surface area (Å²) in [6.45, 7) is 5.98. The zero-order valence-electron chi connectivity index (χ0n) is 16.3. The molecule has 0 aliphatic heterocycles. The van der Waals surface area contributed by atoms with Gasteiger partial charge in [0.25, 0.3) is 0 Å². The minimum atomic E-state index is -3.83. The molecule has 1 aromatic carbocycles. The summed E-state index contributed by atoms with van der Waals surface area (Å²) in [6, 6.07) is 9.54. The second-order valence-electron chi connectivity index (χ2n) is 7.01. The van der Waals surface area contributed by atoms with Gasteiger partial charge in [0.05, 0.1) is 11.2 Å². The fourth-order valence-electron chi connectivity index (χ4n) is 2.55. The number of nitrogens with one attached hydrogen (secondary N) is 2. The van der Waals surface area contributed by atoms with Crippen LogP contribution in [0.1, 0.15) is 36.8 Å². The maximum atomic E-state index is 13.1. The van der Waals surface area contributed by atoms with Crippen molar-refractivity contribution in [3.63, 3.8) is 0 Å². The van der Waals surface area contributed by atoms with Crippen LogP contribution in [0.5, 0.6) is 0 Å². The predicted molar refractivity (Wildman–Crippen MR) is 105 cm³/mol. The molecule has 1 aromatic heterocycles. The highest BCUT2D eigenvalue weighted by Crippen LogP contribution is 2.29. The first kappa shape index (κ1) is 21.7. The van der Waals surface area contributed by atoms with Crippen molar-refractivity contribution < 1.29 is 22.4 Å². The van der Waals surface area contributed by atoms with E-state index < -0.39 is 26.9 Å². The summed E-state index contributed by atoms with van der Waals surface area (Å²) in [7, 11) is -3.83. The molecule has 1 atom stereocenters. The average Bonchev–Trinajstić information content (AvgIpc) is 3.15. The zero-order valence-corrected chi connectivity index (χ0v) is 17.1. The van der Waals surface area contributed by atoms with Crippen LogP contribution >= 0.6 is 0 Å². The third kappa shape index (κ3) is 5.69. The molecule has 0 unspecified atom stereocenters. The molecule has 2 rings (SSSR count). The van der Waals surface area contributed by atoms with Crippen LogP contribution in [0.4, 0.5) is 0 Å². The molecule has 0 saturated carbocycles. The van der Waals surface area contributed by atoms with Gasteiger partial charge in [-0.3, -0.25) is 9.59 Å². The first-order valence-electron chi connectivity index (χ1n) is 9.11. The largest absolute Gasteiger partial charge is 0.468 e. The fraction of sp³-hybridized carbons (Fsp3) is 0.400. The number of carbonyl (C=O) groups excluding carboxylic acids is 2. The van der Waals surface area contributed by atoms with E-state index in [-0.39, 0.29) is 17.2 Å². The van der Waals surface area contributed by atoms with Gasteiger partial charge in [-0.2, -0.15) is 0 Å². The topological polar surface area (TPSA) is 105 Å². The number of amides is 2. The minimum Gasteiger partial charge on any atom is -0.468 e. The molecular weight excluding hydrogens is 380 g/mol. The molecule has 0 aliphatic rings. The second kappa shape index (κ2) is 9.54. The van der Waals surface area contributed by atoms with Gasteiger partial charge < -0.3 is 15.1 Å². The van der Waals surface area contributed by atoms with Crippen LogP contribution in [-0.4, -0.2) is 33.3 Å². The van der Waals surface area contributed by atoms with Gasteiger partial charge in [-0.05, 0) is 43.5 Å². The van der Waals surface area contributed by atoms with Crippen molar-refractivity contribution in [3.05, 3.63) is 54.0 Å². The standard InChI is InChI=1S/C20H26N2O5S/c1-14(2)10-11-21-19(23)20(24)22-13-18(17-5-4-12-27-17)28(25,26)16-8-6-15(3)7-9-16/h4-9,12,14,18H,10-11,13H2,1-3H3,(H,21,23)(H,22,24)/t18-/m0/s1. The van der Waals surface area contributed by atoms with Crippen LogP contribution in [0.25, 0.3) is 0 Å². The van der Waals surface area contributed by atoms with Gasteiger partial charge in [0.15, 0.2) is 9.84 Å². The molecule has 0 bridgehead atoms. The van der Waals surface area contributed by atoms with Crippen molar-refractivity contribution in [1.29, 1.82) is 0 Å². The number of hydrogen-bond donors (Lipinski definition) is 2. The minimum absolute atomic E-state index is 0.120. The lowest BCUT2D eigenvalue weighted by Gasteiger charge is -2.17. The van der Waals surface area contributed by atoms with E-state index in [0.717, 1.165) is 12.0 Å². The zero-order chi connectivity index (χ0) is 20.7. The maximum absolute atomic E-state index is 13.1. The lowest BCUT2D eigenvalue weighted by Crippen LogP contribution is -2.42. The van der Waals surface area contributed by atoms with E-state index >= 15 is 0 Å². The van der Waals surface area contributed by atoms with Crippen LogP contribution in [-0.2, 0) is 19.4 Å². The molecule has 0 saturated heterocycles. The van der Waals surface area contributed by atoms with Crippen molar-refractivity contribution in [2.75, 3.05) is 13.1 Å². The molecular formula is C20H26N2O5S. The molecule has 152 valence electrons. The van der Waals surface area contributed by atoms with Crippen LogP contribution < -0.4 is 10.6 Å². The van der Waals surface area contributed by atoms with Crippen LogP contribution in [0, 0.1) is 12.8 Å². The molecule has 0 radical (unpaired) electrons. The Balaban J connectivity index is 2.11. The monoisotopic (exact) mass is 406 g/mol. The first-order valence-corrected chi connectivity index (χ1v) is 10.7. The maximum Gasteiger partial charge on any atom is 0.309 e. The number of aryl methyl sites for hydroxylation is 1. The summed E-state index contributed by atoms with van der Waals surface area (Å²) in [6.07, 6.45) is 2.11. The molecule has 1 heterocycles. The highest BCUT2D eigenvalue weighted by molar-refractivity contribution is 7.91. The average molecular weight is 407 g/mol. The Morgan fingerprint density at radius 3 is 2.25 bits per heavy atom. The van der Waals surface area contributed by atoms with E-state index in [2.05, 4.69) is 10.6 Å². The number of hydrogen-bond acceptors (Lipinski definition) is 5. The smallest absolute Gasteiger partial charge is 0.309 e. The van der Waals surface area contributed by atoms with Crippen molar-refractivity contribution in [2.45, 2.75) is 37.3 Å². The Morgan fingerprint density at radius 1 is 1.04 bits per heavy atom. The summed E-state index contributed by atoms with van der Waals surface area (Å²) in [5.74, 6) is -1.07. The molecule has 8 heteroatoms. The van der Waals surface area contributed by atoms with E-state index in [1.54, 1.807) is 18.2 Å². The third-order valence-electron chi connectivity index (χ3n) is 4.25. The first-order chi connectivity index (χ1) is 13.2. The van der Waals surface area contributed by atoms with E-state index in [9.17, 15) is 18.0 Å². The van der Waals surface area contributed by atoms with Gasteiger partial charge in [0.2, 0.25) is 0 Å². The number of furan rings is 1. The van der Waals surface area contributed by atoms with Crippen molar-refractivity contribution in [2.24, 2.45) is 5.92 Å². The summed E-state index contributed by atoms with van der Waals surface area (Å²) >= 11 is 0. The highest BCUT2D eigenvalue weighted by atomic mass is 32.2. The Kier molecular flexibility index (Phi) is 7.39. The quantitative estimate of drug-likeness (QED) is 0.655. The van der Waals surface area contributed by atoms with Crippen LogP contribution in [0.2, 0.25) is 0 Å². The fourth-order valence-corrected chi connectivity index (χ4v) is 4.14.